The molecule has 106 valence electrons. The first kappa shape index (κ1) is 14.3. The standard InChI is InChI=1S/C16H32N2/c1-4-7-16(8-9-16)13-18-11-6-10-17-15(12-18)14(3)5-2/h14-15,17H,4-13H2,1-3H3. The maximum Gasteiger partial charge on any atom is 0.0220 e. The first-order chi connectivity index (χ1) is 8.69. The van der Waals surface area contributed by atoms with Crippen LogP contribution in [0.25, 0.3) is 0 Å². The van der Waals surface area contributed by atoms with Gasteiger partial charge in [0.1, 0.15) is 0 Å². The van der Waals surface area contributed by atoms with Gasteiger partial charge in [-0.3, -0.25) is 0 Å². The van der Waals surface area contributed by atoms with Gasteiger partial charge in [0.25, 0.3) is 0 Å². The number of rotatable bonds is 6. The number of hydrogen-bond acceptors (Lipinski definition) is 2. The van der Waals surface area contributed by atoms with Gasteiger partial charge in [-0.25, -0.2) is 0 Å². The Labute approximate surface area is 114 Å². The highest BCUT2D eigenvalue weighted by atomic mass is 15.2. The fraction of sp³-hybridized carbons (Fsp3) is 1.00. The Bertz CT molecular complexity index is 247. The maximum absolute atomic E-state index is 3.76. The third-order valence-electron chi connectivity index (χ3n) is 5.14. The average Bonchev–Trinajstić information content (AvgIpc) is 3.14. The van der Waals surface area contributed by atoms with Crippen molar-refractivity contribution in [3.05, 3.63) is 0 Å². The summed E-state index contributed by atoms with van der Waals surface area (Å²) >= 11 is 0. The SMILES string of the molecule is CCCC1(CN2CCCNC(C(C)CC)C2)CC1. The summed E-state index contributed by atoms with van der Waals surface area (Å²) in [7, 11) is 0. The highest BCUT2D eigenvalue weighted by Crippen LogP contribution is 2.50. The second kappa shape index (κ2) is 6.38. The molecule has 0 radical (unpaired) electrons. The summed E-state index contributed by atoms with van der Waals surface area (Å²) in [5.41, 5.74) is 0.721. The van der Waals surface area contributed by atoms with E-state index in [1.54, 1.807) is 0 Å². The van der Waals surface area contributed by atoms with Gasteiger partial charge in [0.15, 0.2) is 0 Å². The lowest BCUT2D eigenvalue weighted by Gasteiger charge is -2.30. The molecule has 2 unspecified atom stereocenters. The second-order valence-electron chi connectivity index (χ2n) is 6.78. The molecule has 1 aliphatic heterocycles. The van der Waals surface area contributed by atoms with Crippen LogP contribution in [0.2, 0.25) is 0 Å². The van der Waals surface area contributed by atoms with Crippen LogP contribution in [0.15, 0.2) is 0 Å². The molecule has 1 aliphatic carbocycles. The van der Waals surface area contributed by atoms with Crippen molar-refractivity contribution in [3.63, 3.8) is 0 Å². The lowest BCUT2D eigenvalue weighted by atomic mass is 9.97. The minimum Gasteiger partial charge on any atom is -0.312 e. The summed E-state index contributed by atoms with van der Waals surface area (Å²) in [6, 6.07) is 0.718. The van der Waals surface area contributed by atoms with E-state index in [0.717, 1.165) is 17.4 Å². The lowest BCUT2D eigenvalue weighted by Crippen LogP contribution is -2.43. The van der Waals surface area contributed by atoms with Gasteiger partial charge in [0.2, 0.25) is 0 Å². The van der Waals surface area contributed by atoms with E-state index in [-0.39, 0.29) is 0 Å². The van der Waals surface area contributed by atoms with Crippen LogP contribution in [0.4, 0.5) is 0 Å². The van der Waals surface area contributed by atoms with Crippen LogP contribution >= 0.6 is 0 Å². The predicted molar refractivity (Wildman–Crippen MR) is 78.9 cm³/mol. The summed E-state index contributed by atoms with van der Waals surface area (Å²) in [6.45, 7) is 12.2. The van der Waals surface area contributed by atoms with Crippen LogP contribution in [-0.2, 0) is 0 Å². The molecule has 0 aromatic rings. The monoisotopic (exact) mass is 252 g/mol. The first-order valence-electron chi connectivity index (χ1n) is 8.15. The van der Waals surface area contributed by atoms with Crippen LogP contribution in [0.5, 0.6) is 0 Å². The second-order valence-corrected chi connectivity index (χ2v) is 6.78. The Morgan fingerprint density at radius 3 is 2.72 bits per heavy atom. The fourth-order valence-corrected chi connectivity index (χ4v) is 3.50. The molecule has 2 nitrogen and oxygen atoms in total. The van der Waals surface area contributed by atoms with Crippen molar-refractivity contribution < 1.29 is 0 Å². The summed E-state index contributed by atoms with van der Waals surface area (Å²) in [4.78, 5) is 2.76. The Kier molecular flexibility index (Phi) is 5.08. The Balaban J connectivity index is 1.87. The van der Waals surface area contributed by atoms with Gasteiger partial charge in [-0.15, -0.1) is 0 Å². The van der Waals surface area contributed by atoms with Gasteiger partial charge < -0.3 is 10.2 Å². The van der Waals surface area contributed by atoms with E-state index < -0.39 is 0 Å². The molecule has 2 fully saturated rings. The van der Waals surface area contributed by atoms with Crippen molar-refractivity contribution in [2.45, 2.75) is 65.3 Å². The lowest BCUT2D eigenvalue weighted by molar-refractivity contribution is 0.192. The van der Waals surface area contributed by atoms with E-state index in [1.807, 2.05) is 0 Å². The molecule has 2 aliphatic rings. The normalized spacial score (nSPS) is 29.8. The molecule has 2 heteroatoms. The third-order valence-corrected chi connectivity index (χ3v) is 5.14. The molecule has 0 amide bonds. The van der Waals surface area contributed by atoms with E-state index in [0.29, 0.717) is 0 Å². The van der Waals surface area contributed by atoms with Crippen molar-refractivity contribution >= 4 is 0 Å². The smallest absolute Gasteiger partial charge is 0.0220 e. The van der Waals surface area contributed by atoms with Crippen LogP contribution < -0.4 is 5.32 Å². The molecular formula is C16H32N2. The fourth-order valence-electron chi connectivity index (χ4n) is 3.50. The van der Waals surface area contributed by atoms with Crippen molar-refractivity contribution in [1.82, 2.24) is 10.2 Å². The highest BCUT2D eigenvalue weighted by Gasteiger charge is 2.43. The highest BCUT2D eigenvalue weighted by molar-refractivity contribution is 4.96. The molecule has 0 aromatic carbocycles. The van der Waals surface area contributed by atoms with Gasteiger partial charge >= 0.3 is 0 Å². The van der Waals surface area contributed by atoms with E-state index in [4.69, 9.17) is 0 Å². The zero-order valence-corrected chi connectivity index (χ0v) is 12.7. The minimum atomic E-state index is 0.718. The summed E-state index contributed by atoms with van der Waals surface area (Å²) in [5.74, 6) is 0.812. The Morgan fingerprint density at radius 2 is 2.11 bits per heavy atom. The Hall–Kier alpha value is -0.0800. The maximum atomic E-state index is 3.76. The van der Waals surface area contributed by atoms with Crippen molar-refractivity contribution in [2.75, 3.05) is 26.2 Å². The van der Waals surface area contributed by atoms with Crippen LogP contribution in [0.3, 0.4) is 0 Å². The average molecular weight is 252 g/mol. The minimum absolute atomic E-state index is 0.718. The zero-order valence-electron chi connectivity index (χ0n) is 12.7. The molecule has 1 heterocycles. The van der Waals surface area contributed by atoms with E-state index >= 15 is 0 Å². The topological polar surface area (TPSA) is 15.3 Å². The summed E-state index contributed by atoms with van der Waals surface area (Å²) < 4.78 is 0. The Morgan fingerprint density at radius 1 is 1.33 bits per heavy atom. The number of hydrogen-bond donors (Lipinski definition) is 1. The third kappa shape index (κ3) is 3.71. The van der Waals surface area contributed by atoms with Crippen molar-refractivity contribution in [3.8, 4) is 0 Å². The number of nitrogens with zero attached hydrogens (tertiary/aromatic N) is 1. The summed E-state index contributed by atoms with van der Waals surface area (Å²) in [6.07, 6.45) is 8.41. The van der Waals surface area contributed by atoms with Crippen LogP contribution in [0.1, 0.15) is 59.3 Å². The quantitative estimate of drug-likeness (QED) is 0.780. The van der Waals surface area contributed by atoms with Crippen molar-refractivity contribution in [1.29, 1.82) is 0 Å². The van der Waals surface area contributed by atoms with E-state index in [2.05, 4.69) is 31.0 Å². The predicted octanol–water partition coefficient (Wildman–Crippen LogP) is 3.28. The van der Waals surface area contributed by atoms with Gasteiger partial charge in [-0.05, 0) is 50.1 Å². The molecule has 0 bridgehead atoms. The van der Waals surface area contributed by atoms with E-state index in [9.17, 15) is 0 Å². The molecule has 0 spiro atoms. The number of nitrogens with one attached hydrogen (secondary N) is 1. The molecule has 0 aromatic heterocycles. The molecule has 1 N–H and O–H groups in total. The molecule has 1 saturated heterocycles. The van der Waals surface area contributed by atoms with Crippen LogP contribution in [0, 0.1) is 11.3 Å². The van der Waals surface area contributed by atoms with Gasteiger partial charge in [0, 0.05) is 19.1 Å². The first-order valence-corrected chi connectivity index (χ1v) is 8.15. The van der Waals surface area contributed by atoms with Crippen LogP contribution in [-0.4, -0.2) is 37.1 Å². The zero-order chi connectivity index (χ0) is 13.0. The van der Waals surface area contributed by atoms with Gasteiger partial charge in [-0.2, -0.15) is 0 Å². The van der Waals surface area contributed by atoms with Crippen molar-refractivity contribution in [2.24, 2.45) is 11.3 Å². The molecule has 1 saturated carbocycles. The van der Waals surface area contributed by atoms with Gasteiger partial charge in [-0.1, -0.05) is 33.6 Å². The molecular weight excluding hydrogens is 220 g/mol. The molecule has 2 rings (SSSR count). The van der Waals surface area contributed by atoms with Gasteiger partial charge in [0.05, 0.1) is 0 Å². The largest absolute Gasteiger partial charge is 0.312 e. The molecule has 18 heavy (non-hydrogen) atoms. The molecule has 2 atom stereocenters. The van der Waals surface area contributed by atoms with E-state index in [1.165, 1.54) is 64.7 Å². The summed E-state index contributed by atoms with van der Waals surface area (Å²) in [5, 5.41) is 3.76.